The van der Waals surface area contributed by atoms with E-state index in [9.17, 15) is 9.90 Å². The molecule has 8 nitrogen and oxygen atoms in total. The number of ether oxygens (including phenoxy) is 3. The summed E-state index contributed by atoms with van der Waals surface area (Å²) in [6, 6.07) is 8.03. The first-order valence-corrected chi connectivity index (χ1v) is 9.88. The molecule has 0 unspecified atom stereocenters. The van der Waals surface area contributed by atoms with Gasteiger partial charge in [-0.2, -0.15) is 4.39 Å². The largest absolute Gasteiger partial charge is 0.493 e. The Hall–Kier alpha value is -3.17. The van der Waals surface area contributed by atoms with Crippen molar-refractivity contribution in [1.82, 2.24) is 14.3 Å². The summed E-state index contributed by atoms with van der Waals surface area (Å²) >= 11 is 0. The van der Waals surface area contributed by atoms with Crippen LogP contribution in [-0.2, 0) is 4.74 Å². The maximum atomic E-state index is 15.1. The van der Waals surface area contributed by atoms with Gasteiger partial charge in [-0.3, -0.25) is 9.20 Å². The van der Waals surface area contributed by atoms with Gasteiger partial charge in [0.1, 0.15) is 11.8 Å². The highest BCUT2D eigenvalue weighted by Gasteiger charge is 2.38. The van der Waals surface area contributed by atoms with Crippen LogP contribution in [0.5, 0.6) is 11.5 Å². The summed E-state index contributed by atoms with van der Waals surface area (Å²) in [4.78, 5) is 19.1. The molecule has 2 atom stereocenters. The molecule has 1 amide bonds. The topological polar surface area (TPSA) is 85.5 Å². The van der Waals surface area contributed by atoms with Gasteiger partial charge < -0.3 is 24.2 Å². The van der Waals surface area contributed by atoms with Crippen molar-refractivity contribution in [3.63, 3.8) is 0 Å². The first kappa shape index (κ1) is 21.1. The van der Waals surface area contributed by atoms with Crippen molar-refractivity contribution in [3.05, 3.63) is 59.3 Å². The number of carbonyl (C=O) groups is 1. The Labute approximate surface area is 178 Å². The highest BCUT2D eigenvalue weighted by molar-refractivity contribution is 5.93. The number of imidazole rings is 1. The molecule has 9 heteroatoms. The molecule has 0 aliphatic carbocycles. The minimum absolute atomic E-state index is 0.217. The molecule has 1 fully saturated rings. The van der Waals surface area contributed by atoms with Crippen molar-refractivity contribution in [2.75, 3.05) is 34.0 Å². The normalized spacial score (nSPS) is 18.9. The number of rotatable bonds is 5. The van der Waals surface area contributed by atoms with Crippen LogP contribution in [0.4, 0.5) is 4.39 Å². The van der Waals surface area contributed by atoms with Gasteiger partial charge in [0.25, 0.3) is 5.91 Å². The Morgan fingerprint density at radius 1 is 1.26 bits per heavy atom. The van der Waals surface area contributed by atoms with Crippen LogP contribution in [0.15, 0.2) is 36.5 Å². The summed E-state index contributed by atoms with van der Waals surface area (Å²) in [5.41, 5.74) is 1.60. The summed E-state index contributed by atoms with van der Waals surface area (Å²) in [6.45, 7) is 1.96. The number of nitrogens with zero attached hydrogens (tertiary/aromatic N) is 3. The zero-order valence-electron chi connectivity index (χ0n) is 17.5. The van der Waals surface area contributed by atoms with E-state index in [0.29, 0.717) is 22.7 Å². The molecular weight excluding hydrogens is 405 g/mol. The van der Waals surface area contributed by atoms with Crippen LogP contribution in [0.2, 0.25) is 0 Å². The van der Waals surface area contributed by atoms with Gasteiger partial charge in [-0.25, -0.2) is 4.98 Å². The second kappa shape index (κ2) is 8.52. The van der Waals surface area contributed by atoms with E-state index in [1.54, 1.807) is 36.5 Å². The standard InChI is InChI=1S/C22H24FN3O5/c1-13-4-7-18-24-19(21(23)26(18)11-13)22(28)25-8-9-31-17(12-27)20(25)14-5-6-15(29-2)16(10-14)30-3/h4-7,10-11,17,20,27H,8-9,12H2,1-3H3/t17-,20-/m1/s1. The zero-order valence-corrected chi connectivity index (χ0v) is 17.5. The second-order valence-corrected chi connectivity index (χ2v) is 7.34. The molecule has 1 aromatic carbocycles. The number of fused-ring (bicyclic) bond motifs is 1. The number of halogens is 1. The number of aromatic nitrogens is 2. The third-order valence-corrected chi connectivity index (χ3v) is 5.45. The molecule has 3 heterocycles. The maximum Gasteiger partial charge on any atom is 0.277 e. The summed E-state index contributed by atoms with van der Waals surface area (Å²) in [7, 11) is 3.04. The number of methoxy groups -OCH3 is 2. The highest BCUT2D eigenvalue weighted by atomic mass is 19.1. The molecule has 1 aliphatic rings. The predicted octanol–water partition coefficient (Wildman–Crippen LogP) is 2.37. The van der Waals surface area contributed by atoms with Crippen molar-refractivity contribution in [2.24, 2.45) is 0 Å². The smallest absolute Gasteiger partial charge is 0.277 e. The zero-order chi connectivity index (χ0) is 22.1. The number of aliphatic hydroxyl groups excluding tert-OH is 1. The fraction of sp³-hybridized carbons (Fsp3) is 0.364. The van der Waals surface area contributed by atoms with Crippen LogP contribution in [0, 0.1) is 12.9 Å². The van der Waals surface area contributed by atoms with E-state index in [-0.39, 0.29) is 25.5 Å². The van der Waals surface area contributed by atoms with Gasteiger partial charge in [0, 0.05) is 12.7 Å². The highest BCUT2D eigenvalue weighted by Crippen LogP contribution is 2.36. The number of aryl methyl sites for hydroxylation is 1. The molecule has 1 saturated heterocycles. The van der Waals surface area contributed by atoms with Gasteiger partial charge in [0.15, 0.2) is 17.2 Å². The van der Waals surface area contributed by atoms with Crippen molar-refractivity contribution >= 4 is 11.6 Å². The van der Waals surface area contributed by atoms with Crippen molar-refractivity contribution in [3.8, 4) is 11.5 Å². The molecule has 1 N–H and O–H groups in total. The molecule has 0 saturated carbocycles. The van der Waals surface area contributed by atoms with Gasteiger partial charge in [-0.15, -0.1) is 0 Å². The van der Waals surface area contributed by atoms with Crippen LogP contribution >= 0.6 is 0 Å². The SMILES string of the molecule is COc1ccc([C@@H]2[C@@H](CO)OCCN2C(=O)c2nc3ccc(C)cn3c2F)cc1OC. The number of amides is 1. The molecule has 31 heavy (non-hydrogen) atoms. The summed E-state index contributed by atoms with van der Waals surface area (Å²) in [5, 5.41) is 9.91. The molecule has 4 rings (SSSR count). The van der Waals surface area contributed by atoms with Crippen LogP contribution in [-0.4, -0.2) is 65.4 Å². The lowest BCUT2D eigenvalue weighted by Crippen LogP contribution is -2.49. The molecular formula is C22H24FN3O5. The fourth-order valence-electron chi connectivity index (χ4n) is 3.94. The molecule has 3 aromatic rings. The average Bonchev–Trinajstić information content (AvgIpc) is 3.13. The van der Waals surface area contributed by atoms with Gasteiger partial charge in [0.2, 0.25) is 5.95 Å². The molecule has 164 valence electrons. The molecule has 0 spiro atoms. The quantitative estimate of drug-likeness (QED) is 0.670. The predicted molar refractivity (Wildman–Crippen MR) is 110 cm³/mol. The third kappa shape index (κ3) is 3.70. The third-order valence-electron chi connectivity index (χ3n) is 5.45. The maximum absolute atomic E-state index is 15.1. The van der Waals surface area contributed by atoms with Gasteiger partial charge in [-0.05, 0) is 36.2 Å². The Kier molecular flexibility index (Phi) is 5.79. The Balaban J connectivity index is 1.77. The summed E-state index contributed by atoms with van der Waals surface area (Å²) in [5.74, 6) is -0.283. The van der Waals surface area contributed by atoms with Gasteiger partial charge in [0.05, 0.1) is 33.5 Å². The first-order chi connectivity index (χ1) is 15.0. The lowest BCUT2D eigenvalue weighted by atomic mass is 9.97. The van der Waals surface area contributed by atoms with Crippen molar-refractivity contribution < 1.29 is 28.5 Å². The number of morpholine rings is 1. The molecule has 1 aliphatic heterocycles. The van der Waals surface area contributed by atoms with E-state index >= 15 is 4.39 Å². The van der Waals surface area contributed by atoms with E-state index in [0.717, 1.165) is 5.56 Å². The second-order valence-electron chi connectivity index (χ2n) is 7.34. The van der Waals surface area contributed by atoms with E-state index < -0.39 is 24.0 Å². The lowest BCUT2D eigenvalue weighted by Gasteiger charge is -2.40. The first-order valence-electron chi connectivity index (χ1n) is 9.88. The lowest BCUT2D eigenvalue weighted by molar-refractivity contribution is -0.0813. The number of aliphatic hydroxyl groups is 1. The minimum Gasteiger partial charge on any atom is -0.493 e. The van der Waals surface area contributed by atoms with E-state index in [1.807, 2.05) is 6.92 Å². The van der Waals surface area contributed by atoms with Crippen LogP contribution in [0.25, 0.3) is 5.65 Å². The Bertz CT molecular complexity index is 1120. The van der Waals surface area contributed by atoms with E-state index in [1.165, 1.54) is 23.5 Å². The van der Waals surface area contributed by atoms with Crippen LogP contribution < -0.4 is 9.47 Å². The van der Waals surface area contributed by atoms with Crippen LogP contribution in [0.3, 0.4) is 0 Å². The number of pyridine rings is 1. The Morgan fingerprint density at radius 3 is 2.74 bits per heavy atom. The van der Waals surface area contributed by atoms with Gasteiger partial charge >= 0.3 is 0 Å². The molecule has 0 radical (unpaired) electrons. The number of hydrogen-bond donors (Lipinski definition) is 1. The minimum atomic E-state index is -0.721. The monoisotopic (exact) mass is 429 g/mol. The Morgan fingerprint density at radius 2 is 2.03 bits per heavy atom. The number of hydrogen-bond acceptors (Lipinski definition) is 6. The van der Waals surface area contributed by atoms with Crippen molar-refractivity contribution in [1.29, 1.82) is 0 Å². The summed E-state index contributed by atoms with van der Waals surface area (Å²) in [6.07, 6.45) is 0.911. The van der Waals surface area contributed by atoms with E-state index in [2.05, 4.69) is 4.98 Å². The van der Waals surface area contributed by atoms with E-state index in [4.69, 9.17) is 14.2 Å². The molecule has 2 aromatic heterocycles. The molecule has 0 bridgehead atoms. The van der Waals surface area contributed by atoms with Gasteiger partial charge in [-0.1, -0.05) is 12.1 Å². The average molecular weight is 429 g/mol. The van der Waals surface area contributed by atoms with Crippen LogP contribution in [0.1, 0.15) is 27.7 Å². The number of benzene rings is 1. The fourth-order valence-corrected chi connectivity index (χ4v) is 3.94. The van der Waals surface area contributed by atoms with Crippen molar-refractivity contribution in [2.45, 2.75) is 19.1 Å². The summed E-state index contributed by atoms with van der Waals surface area (Å²) < 4.78 is 32.7. The number of carbonyl (C=O) groups excluding carboxylic acids is 1.